The number of ether oxygens (including phenoxy) is 4. The Morgan fingerprint density at radius 2 is 1.67 bits per heavy atom. The van der Waals surface area contributed by atoms with Gasteiger partial charge in [0.05, 0.1) is 6.61 Å². The molecule has 6 heteroatoms. The molecule has 0 fully saturated rings. The van der Waals surface area contributed by atoms with E-state index in [1.165, 1.54) is 0 Å². The van der Waals surface area contributed by atoms with Gasteiger partial charge in [-0.3, -0.25) is 0 Å². The van der Waals surface area contributed by atoms with Crippen LogP contribution in [-0.2, 0) is 13.2 Å². The molecule has 1 heterocycles. The number of fused-ring (bicyclic) bond motifs is 1. The second kappa shape index (κ2) is 9.63. The first-order valence-corrected chi connectivity index (χ1v) is 10.4. The van der Waals surface area contributed by atoms with Crippen LogP contribution in [0.3, 0.4) is 0 Å². The van der Waals surface area contributed by atoms with Crippen molar-refractivity contribution in [2.75, 3.05) is 25.1 Å². The third-order valence-corrected chi connectivity index (χ3v) is 5.03. The lowest BCUT2D eigenvalue weighted by atomic mass is 10.1. The van der Waals surface area contributed by atoms with Crippen LogP contribution < -0.4 is 24.3 Å². The first-order valence-electron chi connectivity index (χ1n) is 9.98. The summed E-state index contributed by atoms with van der Waals surface area (Å²) in [5.41, 5.74) is 2.93. The molecule has 0 unspecified atom stereocenters. The van der Waals surface area contributed by atoms with Crippen LogP contribution in [0.4, 0.5) is 5.69 Å². The van der Waals surface area contributed by atoms with Crippen LogP contribution >= 0.6 is 11.6 Å². The van der Waals surface area contributed by atoms with E-state index in [0.29, 0.717) is 49.5 Å². The molecule has 0 aliphatic carbocycles. The van der Waals surface area contributed by atoms with Crippen LogP contribution in [0.2, 0.25) is 5.02 Å². The van der Waals surface area contributed by atoms with E-state index in [2.05, 4.69) is 5.32 Å². The summed E-state index contributed by atoms with van der Waals surface area (Å²) in [6.07, 6.45) is 0. The van der Waals surface area contributed by atoms with Crippen molar-refractivity contribution in [3.63, 3.8) is 0 Å². The predicted molar refractivity (Wildman–Crippen MR) is 118 cm³/mol. The van der Waals surface area contributed by atoms with Crippen molar-refractivity contribution in [2.45, 2.75) is 20.1 Å². The Bertz CT molecular complexity index is 994. The van der Waals surface area contributed by atoms with Gasteiger partial charge >= 0.3 is 0 Å². The third kappa shape index (κ3) is 4.92. The van der Waals surface area contributed by atoms with Gasteiger partial charge in [-0.25, -0.2) is 0 Å². The molecule has 0 aromatic heterocycles. The van der Waals surface area contributed by atoms with E-state index in [9.17, 15) is 0 Å². The molecule has 4 rings (SSSR count). The molecule has 3 aromatic carbocycles. The minimum Gasteiger partial charge on any atom is -0.490 e. The monoisotopic (exact) mass is 425 g/mol. The van der Waals surface area contributed by atoms with Crippen molar-refractivity contribution in [2.24, 2.45) is 0 Å². The van der Waals surface area contributed by atoms with Gasteiger partial charge < -0.3 is 24.3 Å². The van der Waals surface area contributed by atoms with Crippen LogP contribution in [0.15, 0.2) is 60.7 Å². The molecular formula is C24H24ClNO4. The minimum atomic E-state index is 0.450. The minimum absolute atomic E-state index is 0.450. The highest BCUT2D eigenvalue weighted by Gasteiger charge is 2.14. The number of nitrogens with one attached hydrogen (secondary N) is 1. The smallest absolute Gasteiger partial charge is 0.163 e. The summed E-state index contributed by atoms with van der Waals surface area (Å²) in [5, 5.41) is 4.00. The van der Waals surface area contributed by atoms with E-state index in [0.717, 1.165) is 28.3 Å². The fraction of sp³-hybridized carbons (Fsp3) is 0.250. The van der Waals surface area contributed by atoms with Crippen molar-refractivity contribution in [3.05, 3.63) is 76.8 Å². The largest absolute Gasteiger partial charge is 0.490 e. The van der Waals surface area contributed by atoms with E-state index < -0.39 is 0 Å². The van der Waals surface area contributed by atoms with Crippen molar-refractivity contribution in [1.29, 1.82) is 0 Å². The zero-order valence-electron chi connectivity index (χ0n) is 16.8. The molecule has 0 radical (unpaired) electrons. The molecule has 0 bridgehead atoms. The van der Waals surface area contributed by atoms with E-state index in [1.807, 2.05) is 67.6 Å². The van der Waals surface area contributed by atoms with Gasteiger partial charge in [0.2, 0.25) is 0 Å². The molecule has 0 spiro atoms. The summed E-state index contributed by atoms with van der Waals surface area (Å²) in [7, 11) is 0. The van der Waals surface area contributed by atoms with Crippen molar-refractivity contribution < 1.29 is 18.9 Å². The van der Waals surface area contributed by atoms with Crippen LogP contribution in [0.25, 0.3) is 0 Å². The first-order chi connectivity index (χ1) is 14.7. The maximum atomic E-state index is 6.54. The first kappa shape index (κ1) is 20.2. The van der Waals surface area contributed by atoms with Crippen molar-refractivity contribution in [3.8, 4) is 23.0 Å². The van der Waals surface area contributed by atoms with E-state index in [-0.39, 0.29) is 0 Å². The second-order valence-corrected chi connectivity index (χ2v) is 7.22. The number of rotatable bonds is 8. The number of benzene rings is 3. The molecule has 5 nitrogen and oxygen atoms in total. The number of hydrogen-bond donors (Lipinski definition) is 1. The standard InChI is InChI=1S/C24H24ClNO4/c1-2-27-22-12-18(15-26-19-8-9-21-23(13-19)29-11-10-28-21)20(25)14-24(22)30-16-17-6-4-3-5-7-17/h3-9,12-14,26H,2,10-11,15-16H2,1H3. The molecular weight excluding hydrogens is 402 g/mol. The third-order valence-electron chi connectivity index (χ3n) is 4.67. The summed E-state index contributed by atoms with van der Waals surface area (Å²) in [5.74, 6) is 2.82. The lowest BCUT2D eigenvalue weighted by Crippen LogP contribution is -2.15. The van der Waals surface area contributed by atoms with Crippen molar-refractivity contribution in [1.82, 2.24) is 0 Å². The maximum Gasteiger partial charge on any atom is 0.163 e. The van der Waals surface area contributed by atoms with E-state index in [1.54, 1.807) is 0 Å². The van der Waals surface area contributed by atoms with Gasteiger partial charge in [0.1, 0.15) is 19.8 Å². The molecule has 30 heavy (non-hydrogen) atoms. The summed E-state index contributed by atoms with van der Waals surface area (Å²) in [6, 6.07) is 19.5. The summed E-state index contributed by atoms with van der Waals surface area (Å²) >= 11 is 6.54. The predicted octanol–water partition coefficient (Wildman–Crippen LogP) is 5.70. The molecule has 0 atom stereocenters. The van der Waals surface area contributed by atoms with Crippen LogP contribution in [0, 0.1) is 0 Å². The molecule has 0 saturated heterocycles. The van der Waals surface area contributed by atoms with Gasteiger partial charge in [-0.1, -0.05) is 41.9 Å². The zero-order chi connectivity index (χ0) is 20.8. The highest BCUT2D eigenvalue weighted by molar-refractivity contribution is 6.31. The Hall–Kier alpha value is -3.05. The van der Waals surface area contributed by atoms with Gasteiger partial charge in [0.15, 0.2) is 23.0 Å². The van der Waals surface area contributed by atoms with Gasteiger partial charge in [-0.15, -0.1) is 0 Å². The molecule has 0 saturated carbocycles. The van der Waals surface area contributed by atoms with E-state index in [4.69, 9.17) is 30.5 Å². The topological polar surface area (TPSA) is 49.0 Å². The summed E-state index contributed by atoms with van der Waals surface area (Å²) in [6.45, 7) is 4.61. The number of hydrogen-bond acceptors (Lipinski definition) is 5. The highest BCUT2D eigenvalue weighted by Crippen LogP contribution is 2.36. The SMILES string of the molecule is CCOc1cc(CNc2ccc3c(c2)OCCO3)c(Cl)cc1OCc1ccccc1. The number of halogens is 1. The highest BCUT2D eigenvalue weighted by atomic mass is 35.5. The molecule has 1 aliphatic rings. The second-order valence-electron chi connectivity index (χ2n) is 6.81. The average Bonchev–Trinajstić information content (AvgIpc) is 2.79. The number of anilines is 1. The Morgan fingerprint density at radius 3 is 2.47 bits per heavy atom. The van der Waals surface area contributed by atoms with Gasteiger partial charge in [-0.05, 0) is 36.2 Å². The fourth-order valence-corrected chi connectivity index (χ4v) is 3.40. The van der Waals surface area contributed by atoms with Crippen molar-refractivity contribution >= 4 is 17.3 Å². The summed E-state index contributed by atoms with van der Waals surface area (Å²) < 4.78 is 23.0. The van der Waals surface area contributed by atoms with Crippen LogP contribution in [0.5, 0.6) is 23.0 Å². The van der Waals surface area contributed by atoms with Crippen LogP contribution in [-0.4, -0.2) is 19.8 Å². The van der Waals surface area contributed by atoms with Gasteiger partial charge in [0, 0.05) is 29.4 Å². The zero-order valence-corrected chi connectivity index (χ0v) is 17.6. The van der Waals surface area contributed by atoms with E-state index >= 15 is 0 Å². The van der Waals surface area contributed by atoms with Gasteiger partial charge in [-0.2, -0.15) is 0 Å². The Kier molecular flexibility index (Phi) is 6.50. The Morgan fingerprint density at radius 1 is 0.900 bits per heavy atom. The molecule has 1 aliphatic heterocycles. The molecule has 1 N–H and O–H groups in total. The normalized spacial score (nSPS) is 12.3. The summed E-state index contributed by atoms with van der Waals surface area (Å²) in [4.78, 5) is 0. The molecule has 156 valence electrons. The lowest BCUT2D eigenvalue weighted by Gasteiger charge is -2.19. The molecule has 0 amide bonds. The lowest BCUT2D eigenvalue weighted by molar-refractivity contribution is 0.171. The van der Waals surface area contributed by atoms with Gasteiger partial charge in [0.25, 0.3) is 0 Å². The quantitative estimate of drug-likeness (QED) is 0.501. The Labute approximate surface area is 181 Å². The van der Waals surface area contributed by atoms with Crippen LogP contribution in [0.1, 0.15) is 18.1 Å². The molecule has 3 aromatic rings. The Balaban J connectivity index is 1.47. The maximum absolute atomic E-state index is 6.54. The average molecular weight is 426 g/mol. The fourth-order valence-electron chi connectivity index (χ4n) is 3.18.